The maximum atomic E-state index is 10.5. The van der Waals surface area contributed by atoms with E-state index < -0.39 is 12.0 Å². The molecule has 38 heavy (non-hydrogen) atoms. The van der Waals surface area contributed by atoms with Gasteiger partial charge >= 0.3 is 0 Å². The highest BCUT2D eigenvalue weighted by molar-refractivity contribution is 5.76. The molecule has 0 amide bonds. The molecule has 2 atom stereocenters. The van der Waals surface area contributed by atoms with Crippen LogP contribution in [-0.2, 0) is 0 Å². The van der Waals surface area contributed by atoms with Crippen molar-refractivity contribution in [3.8, 4) is 46.0 Å². The highest BCUT2D eigenvalue weighted by atomic mass is 16.5. The van der Waals surface area contributed by atoms with Crippen molar-refractivity contribution < 1.29 is 39.7 Å². The van der Waals surface area contributed by atoms with Crippen molar-refractivity contribution in [1.82, 2.24) is 0 Å². The second kappa shape index (κ2) is 9.82. The predicted octanol–water partition coefficient (Wildman–Crippen LogP) is 5.67. The normalized spacial score (nSPS) is 16.3. The molecular formula is C30H26O8. The Morgan fingerprint density at radius 3 is 1.95 bits per heavy atom. The molecule has 1 aliphatic heterocycles. The Hall–Kier alpha value is -4.98. The number of fused-ring (bicyclic) bond motifs is 1. The van der Waals surface area contributed by atoms with Crippen LogP contribution in [0.3, 0.4) is 0 Å². The van der Waals surface area contributed by atoms with Crippen LogP contribution in [0.2, 0.25) is 0 Å². The second-order valence-electron chi connectivity index (χ2n) is 8.97. The lowest BCUT2D eigenvalue weighted by molar-refractivity contribution is 0.221. The summed E-state index contributed by atoms with van der Waals surface area (Å²) in [6, 6.07) is 17.2. The molecule has 4 aromatic rings. The molecule has 5 rings (SSSR count). The Bertz CT molecular complexity index is 1500. The molecule has 0 aromatic heterocycles. The van der Waals surface area contributed by atoms with Crippen molar-refractivity contribution >= 4 is 12.2 Å². The Labute approximate surface area is 218 Å². The van der Waals surface area contributed by atoms with Gasteiger partial charge in [-0.25, -0.2) is 0 Å². The molecule has 8 heteroatoms. The van der Waals surface area contributed by atoms with Crippen LogP contribution in [-0.4, -0.2) is 39.8 Å². The first-order valence-corrected chi connectivity index (χ1v) is 11.7. The molecule has 194 valence electrons. The van der Waals surface area contributed by atoms with Crippen LogP contribution in [0.25, 0.3) is 12.2 Å². The lowest BCUT2D eigenvalue weighted by Gasteiger charge is -2.22. The first kappa shape index (κ1) is 24.7. The van der Waals surface area contributed by atoms with E-state index in [9.17, 15) is 25.5 Å². The third-order valence-electron chi connectivity index (χ3n) is 6.45. The third kappa shape index (κ3) is 4.71. The molecule has 5 N–H and O–H groups in total. The minimum atomic E-state index is -0.632. The summed E-state index contributed by atoms with van der Waals surface area (Å²) in [6.07, 6.45) is 2.91. The number of methoxy groups -OCH3 is 2. The van der Waals surface area contributed by atoms with Gasteiger partial charge in [-0.1, -0.05) is 18.2 Å². The first-order chi connectivity index (χ1) is 18.2. The summed E-state index contributed by atoms with van der Waals surface area (Å²) in [5, 5.41) is 50.8. The van der Waals surface area contributed by atoms with E-state index in [1.54, 1.807) is 49.6 Å². The molecule has 0 fully saturated rings. The number of phenols is 5. The van der Waals surface area contributed by atoms with E-state index in [2.05, 4.69) is 0 Å². The zero-order chi connectivity index (χ0) is 27.0. The summed E-state index contributed by atoms with van der Waals surface area (Å²) in [6.45, 7) is 0. The molecule has 0 saturated carbocycles. The lowest BCUT2D eigenvalue weighted by atomic mass is 9.82. The molecule has 8 nitrogen and oxygen atoms in total. The largest absolute Gasteiger partial charge is 0.508 e. The summed E-state index contributed by atoms with van der Waals surface area (Å²) in [5.74, 6) is 0.468. The Balaban J connectivity index is 1.69. The van der Waals surface area contributed by atoms with E-state index in [1.165, 1.54) is 31.4 Å². The second-order valence-corrected chi connectivity index (χ2v) is 8.97. The predicted molar refractivity (Wildman–Crippen MR) is 141 cm³/mol. The van der Waals surface area contributed by atoms with Gasteiger partial charge in [-0.15, -0.1) is 0 Å². The zero-order valence-electron chi connectivity index (χ0n) is 20.6. The molecule has 0 saturated heterocycles. The van der Waals surface area contributed by atoms with Crippen molar-refractivity contribution in [1.29, 1.82) is 0 Å². The fourth-order valence-electron chi connectivity index (χ4n) is 4.85. The van der Waals surface area contributed by atoms with E-state index in [0.29, 0.717) is 33.9 Å². The van der Waals surface area contributed by atoms with Gasteiger partial charge in [-0.2, -0.15) is 0 Å². The van der Waals surface area contributed by atoms with Gasteiger partial charge in [0.25, 0.3) is 0 Å². The topological polar surface area (TPSA) is 129 Å². The van der Waals surface area contributed by atoms with E-state index in [0.717, 1.165) is 11.1 Å². The minimum Gasteiger partial charge on any atom is -0.508 e. The fourth-order valence-corrected chi connectivity index (χ4v) is 4.85. The maximum absolute atomic E-state index is 10.5. The lowest BCUT2D eigenvalue weighted by Crippen LogP contribution is -2.12. The smallest absolute Gasteiger partial charge is 0.160 e. The summed E-state index contributed by atoms with van der Waals surface area (Å²) in [4.78, 5) is 0. The van der Waals surface area contributed by atoms with Crippen LogP contribution in [0.1, 0.15) is 39.8 Å². The van der Waals surface area contributed by atoms with E-state index in [-0.39, 0.29) is 28.7 Å². The molecular weight excluding hydrogens is 488 g/mol. The molecule has 0 bridgehead atoms. The van der Waals surface area contributed by atoms with Crippen molar-refractivity contribution in [3.63, 3.8) is 0 Å². The number of ether oxygens (including phenoxy) is 3. The van der Waals surface area contributed by atoms with Crippen LogP contribution in [0.5, 0.6) is 46.0 Å². The SMILES string of the molecule is COc1cc(/C=C/c2cc(O)cc(O)c2)c2c(c1)O[C@H](c1ccc(OC)c(O)c1)[C@H]2c1cc(O)cc(O)c1. The number of hydrogen-bond donors (Lipinski definition) is 5. The molecule has 0 radical (unpaired) electrons. The Morgan fingerprint density at radius 2 is 1.34 bits per heavy atom. The average Bonchev–Trinajstić information content (AvgIpc) is 3.25. The van der Waals surface area contributed by atoms with Crippen LogP contribution >= 0.6 is 0 Å². The highest BCUT2D eigenvalue weighted by Crippen LogP contribution is 2.54. The number of aromatic hydroxyl groups is 5. The molecule has 4 aromatic carbocycles. The van der Waals surface area contributed by atoms with Gasteiger partial charge in [0.2, 0.25) is 0 Å². The van der Waals surface area contributed by atoms with E-state index >= 15 is 0 Å². The molecule has 1 aliphatic rings. The Morgan fingerprint density at radius 1 is 0.684 bits per heavy atom. The minimum absolute atomic E-state index is 0.0524. The molecule has 0 spiro atoms. The number of hydrogen-bond acceptors (Lipinski definition) is 8. The Kier molecular flexibility index (Phi) is 6.38. The van der Waals surface area contributed by atoms with Crippen molar-refractivity contribution in [2.45, 2.75) is 12.0 Å². The quantitative estimate of drug-likeness (QED) is 0.208. The maximum Gasteiger partial charge on any atom is 0.160 e. The van der Waals surface area contributed by atoms with E-state index in [1.807, 2.05) is 12.1 Å². The summed E-state index contributed by atoms with van der Waals surface area (Å²) in [7, 11) is 3.01. The third-order valence-corrected chi connectivity index (χ3v) is 6.45. The van der Waals surface area contributed by atoms with Crippen molar-refractivity contribution in [3.05, 3.63) is 94.5 Å². The molecule has 0 aliphatic carbocycles. The van der Waals surface area contributed by atoms with Gasteiger partial charge in [0.15, 0.2) is 11.5 Å². The first-order valence-electron chi connectivity index (χ1n) is 11.7. The van der Waals surface area contributed by atoms with Crippen LogP contribution in [0, 0.1) is 0 Å². The monoisotopic (exact) mass is 514 g/mol. The fraction of sp³-hybridized carbons (Fsp3) is 0.133. The van der Waals surface area contributed by atoms with Gasteiger partial charge in [0, 0.05) is 23.8 Å². The van der Waals surface area contributed by atoms with Gasteiger partial charge in [0.05, 0.1) is 20.1 Å². The summed E-state index contributed by atoms with van der Waals surface area (Å²) >= 11 is 0. The van der Waals surface area contributed by atoms with Gasteiger partial charge < -0.3 is 39.7 Å². The number of phenolic OH excluding ortho intramolecular Hbond substituents is 5. The molecule has 1 heterocycles. The number of rotatable bonds is 6. The van der Waals surface area contributed by atoms with Crippen molar-refractivity contribution in [2.75, 3.05) is 14.2 Å². The molecule has 0 unspecified atom stereocenters. The van der Waals surface area contributed by atoms with Crippen LogP contribution in [0.15, 0.2) is 66.7 Å². The van der Waals surface area contributed by atoms with Gasteiger partial charge in [-0.3, -0.25) is 0 Å². The number of benzene rings is 4. The standard InChI is InChI=1S/C30H26O8/c1-36-24-11-17(4-3-16-7-20(31)13-21(32)8-16)28-27(15-24)38-30(18-5-6-26(37-2)25(35)12-18)29(28)19-9-22(33)14-23(34)10-19/h3-15,29-35H,1-2H3/b4-3+/t29-,30+/m0/s1. The average molecular weight is 515 g/mol. The highest BCUT2D eigenvalue weighted by Gasteiger charge is 2.39. The summed E-state index contributed by atoms with van der Waals surface area (Å²) < 4.78 is 17.1. The van der Waals surface area contributed by atoms with Crippen molar-refractivity contribution in [2.24, 2.45) is 0 Å². The van der Waals surface area contributed by atoms with E-state index in [4.69, 9.17) is 14.2 Å². The van der Waals surface area contributed by atoms with Crippen LogP contribution in [0.4, 0.5) is 0 Å². The van der Waals surface area contributed by atoms with Crippen LogP contribution < -0.4 is 14.2 Å². The zero-order valence-corrected chi connectivity index (χ0v) is 20.6. The summed E-state index contributed by atoms with van der Waals surface area (Å²) in [5.41, 5.74) is 3.30. The van der Waals surface area contributed by atoms with Gasteiger partial charge in [0.1, 0.15) is 40.6 Å². The van der Waals surface area contributed by atoms with Gasteiger partial charge in [-0.05, 0) is 64.7 Å².